The summed E-state index contributed by atoms with van der Waals surface area (Å²) >= 11 is 0. The van der Waals surface area contributed by atoms with Gasteiger partial charge in [0.2, 0.25) is 0 Å². The molecule has 0 N–H and O–H groups in total. The Balaban J connectivity index is 2.78. The van der Waals surface area contributed by atoms with Gasteiger partial charge >= 0.3 is 0 Å². The molecule has 1 heterocycles. The minimum absolute atomic E-state index is 0.0578. The Kier molecular flexibility index (Phi) is 2.46. The zero-order valence-electron chi connectivity index (χ0n) is 6.74. The number of carbonyl (C=O) groups excluding carboxylic acids is 2. The smallest absolute Gasteiger partial charge is 0.256 e. The van der Waals surface area contributed by atoms with Gasteiger partial charge in [0.15, 0.2) is 0 Å². The first kappa shape index (κ1) is 8.75. The molecule has 0 spiro atoms. The fourth-order valence-corrected chi connectivity index (χ4v) is 1.01. The van der Waals surface area contributed by atoms with Crippen molar-refractivity contribution >= 4 is 11.8 Å². The lowest BCUT2D eigenvalue weighted by molar-refractivity contribution is -0.159. The molecule has 12 heavy (non-hydrogen) atoms. The highest BCUT2D eigenvalue weighted by Gasteiger charge is 2.29. The maximum absolute atomic E-state index is 11.1. The number of rotatable bonds is 1. The van der Waals surface area contributed by atoms with E-state index in [2.05, 4.69) is 5.92 Å². The van der Waals surface area contributed by atoms with Crippen molar-refractivity contribution in [1.82, 2.24) is 4.90 Å². The van der Waals surface area contributed by atoms with Crippen molar-refractivity contribution in [3.8, 4) is 12.3 Å². The molecule has 4 nitrogen and oxygen atoms in total. The number of ether oxygens (including phenoxy) is 1. The normalized spacial score (nSPS) is 20.5. The van der Waals surface area contributed by atoms with Gasteiger partial charge in [-0.05, 0) is 6.92 Å². The zero-order valence-corrected chi connectivity index (χ0v) is 6.74. The number of morpholine rings is 1. The molecule has 0 aliphatic carbocycles. The highest BCUT2D eigenvalue weighted by Crippen LogP contribution is 2.05. The minimum Gasteiger partial charge on any atom is -0.362 e. The molecule has 0 aromatic rings. The van der Waals surface area contributed by atoms with Crippen LogP contribution in [-0.4, -0.2) is 36.0 Å². The number of carbonyl (C=O) groups is 2. The van der Waals surface area contributed by atoms with Crippen LogP contribution in [0.2, 0.25) is 0 Å². The van der Waals surface area contributed by atoms with E-state index in [-0.39, 0.29) is 25.0 Å². The third-order valence-corrected chi connectivity index (χ3v) is 1.62. The topological polar surface area (TPSA) is 46.6 Å². The monoisotopic (exact) mass is 167 g/mol. The third kappa shape index (κ3) is 1.46. The van der Waals surface area contributed by atoms with Gasteiger partial charge in [0.1, 0.15) is 13.2 Å². The van der Waals surface area contributed by atoms with Gasteiger partial charge in [-0.25, -0.2) is 0 Å². The van der Waals surface area contributed by atoms with Gasteiger partial charge in [-0.15, -0.1) is 6.42 Å². The lowest BCUT2D eigenvalue weighted by Gasteiger charge is -2.27. The second-order valence-electron chi connectivity index (χ2n) is 2.49. The number of amides is 2. The van der Waals surface area contributed by atoms with Crippen LogP contribution in [0.25, 0.3) is 0 Å². The summed E-state index contributed by atoms with van der Waals surface area (Å²) < 4.78 is 4.71. The number of hydrogen-bond donors (Lipinski definition) is 0. The average Bonchev–Trinajstić information content (AvgIpc) is 2.03. The lowest BCUT2D eigenvalue weighted by Crippen LogP contribution is -2.50. The van der Waals surface area contributed by atoms with E-state index in [4.69, 9.17) is 11.2 Å². The SMILES string of the molecule is C#CC(C)N1C(=O)COCC1=O. The lowest BCUT2D eigenvalue weighted by atomic mass is 10.2. The number of imide groups is 1. The Hall–Kier alpha value is -1.34. The van der Waals surface area contributed by atoms with Crippen LogP contribution >= 0.6 is 0 Å². The van der Waals surface area contributed by atoms with Gasteiger partial charge < -0.3 is 4.74 Å². The van der Waals surface area contributed by atoms with Crippen molar-refractivity contribution in [3.05, 3.63) is 0 Å². The Morgan fingerprint density at radius 1 is 1.50 bits per heavy atom. The van der Waals surface area contributed by atoms with Crippen LogP contribution in [0.15, 0.2) is 0 Å². The molecule has 1 aliphatic heterocycles. The van der Waals surface area contributed by atoms with Gasteiger partial charge in [-0.2, -0.15) is 0 Å². The summed E-state index contributed by atoms with van der Waals surface area (Å²) in [7, 11) is 0. The van der Waals surface area contributed by atoms with Gasteiger partial charge in [0.05, 0.1) is 6.04 Å². The summed E-state index contributed by atoms with van der Waals surface area (Å²) in [6.45, 7) is 1.51. The Labute approximate surface area is 70.5 Å². The number of terminal acetylenes is 1. The van der Waals surface area contributed by atoms with Crippen LogP contribution < -0.4 is 0 Å². The molecule has 0 aromatic heterocycles. The highest BCUT2D eigenvalue weighted by molar-refractivity contribution is 5.98. The minimum atomic E-state index is -0.478. The van der Waals surface area contributed by atoms with Crippen molar-refractivity contribution in [1.29, 1.82) is 0 Å². The first-order valence-corrected chi connectivity index (χ1v) is 3.55. The largest absolute Gasteiger partial charge is 0.362 e. The summed E-state index contributed by atoms with van der Waals surface area (Å²) in [6, 6.07) is -0.478. The van der Waals surface area contributed by atoms with Gasteiger partial charge in [-0.3, -0.25) is 14.5 Å². The molecular weight excluding hydrogens is 158 g/mol. The van der Waals surface area contributed by atoms with E-state index in [0.717, 1.165) is 4.90 Å². The summed E-state index contributed by atoms with van der Waals surface area (Å²) in [4.78, 5) is 23.2. The summed E-state index contributed by atoms with van der Waals surface area (Å²) in [5.74, 6) is 1.60. The van der Waals surface area contributed by atoms with E-state index >= 15 is 0 Å². The predicted octanol–water partition coefficient (Wildman–Crippen LogP) is -0.607. The van der Waals surface area contributed by atoms with E-state index in [1.165, 1.54) is 0 Å². The van der Waals surface area contributed by atoms with E-state index in [1.807, 2.05) is 0 Å². The third-order valence-electron chi connectivity index (χ3n) is 1.62. The highest BCUT2D eigenvalue weighted by atomic mass is 16.5. The molecular formula is C8H9NO3. The van der Waals surface area contributed by atoms with Crippen molar-refractivity contribution < 1.29 is 14.3 Å². The van der Waals surface area contributed by atoms with Crippen LogP contribution in [0, 0.1) is 12.3 Å². The second kappa shape index (κ2) is 3.37. The van der Waals surface area contributed by atoms with E-state index in [9.17, 15) is 9.59 Å². The summed E-state index contributed by atoms with van der Waals surface area (Å²) in [5, 5.41) is 0. The molecule has 0 bridgehead atoms. The molecule has 0 saturated carbocycles. The maximum Gasteiger partial charge on any atom is 0.256 e. The molecule has 1 atom stereocenters. The van der Waals surface area contributed by atoms with Crippen LogP contribution in [0.3, 0.4) is 0 Å². The van der Waals surface area contributed by atoms with Crippen LogP contribution in [-0.2, 0) is 14.3 Å². The fourth-order valence-electron chi connectivity index (χ4n) is 1.01. The van der Waals surface area contributed by atoms with E-state index < -0.39 is 6.04 Å². The average molecular weight is 167 g/mol. The van der Waals surface area contributed by atoms with Crippen molar-refractivity contribution in [3.63, 3.8) is 0 Å². The molecule has 1 rings (SSSR count). The molecule has 1 unspecified atom stereocenters. The summed E-state index contributed by atoms with van der Waals surface area (Å²) in [5.41, 5.74) is 0. The predicted molar refractivity (Wildman–Crippen MR) is 41.0 cm³/mol. The molecule has 1 aliphatic rings. The Morgan fingerprint density at radius 2 is 2.00 bits per heavy atom. The summed E-state index contributed by atoms with van der Waals surface area (Å²) in [6.07, 6.45) is 5.09. The molecule has 2 amide bonds. The van der Waals surface area contributed by atoms with E-state index in [1.54, 1.807) is 6.92 Å². The van der Waals surface area contributed by atoms with Crippen LogP contribution in [0.4, 0.5) is 0 Å². The van der Waals surface area contributed by atoms with Gasteiger partial charge in [-0.1, -0.05) is 5.92 Å². The molecule has 4 heteroatoms. The maximum atomic E-state index is 11.1. The zero-order chi connectivity index (χ0) is 9.14. The van der Waals surface area contributed by atoms with Crippen molar-refractivity contribution in [2.45, 2.75) is 13.0 Å². The molecule has 64 valence electrons. The van der Waals surface area contributed by atoms with E-state index in [0.29, 0.717) is 0 Å². The molecule has 1 fully saturated rings. The fraction of sp³-hybridized carbons (Fsp3) is 0.500. The van der Waals surface area contributed by atoms with Gasteiger partial charge in [0, 0.05) is 0 Å². The molecule has 0 aromatic carbocycles. The van der Waals surface area contributed by atoms with Crippen molar-refractivity contribution in [2.24, 2.45) is 0 Å². The first-order valence-electron chi connectivity index (χ1n) is 3.55. The Morgan fingerprint density at radius 3 is 2.42 bits per heavy atom. The van der Waals surface area contributed by atoms with Crippen molar-refractivity contribution in [2.75, 3.05) is 13.2 Å². The van der Waals surface area contributed by atoms with Gasteiger partial charge in [0.25, 0.3) is 11.8 Å². The number of nitrogens with zero attached hydrogens (tertiary/aromatic N) is 1. The molecule has 1 saturated heterocycles. The second-order valence-corrected chi connectivity index (χ2v) is 2.49. The first-order chi connectivity index (χ1) is 5.66. The quantitative estimate of drug-likeness (QED) is 0.387. The molecule has 0 radical (unpaired) electrons. The standard InChI is InChI=1S/C8H9NO3/c1-3-6(2)9-7(10)4-12-5-8(9)11/h1,6H,4-5H2,2H3. The van der Waals surface area contributed by atoms with Crippen LogP contribution in [0.1, 0.15) is 6.92 Å². The number of hydrogen-bond acceptors (Lipinski definition) is 3. The Bertz CT molecular complexity index is 238. The van der Waals surface area contributed by atoms with Crippen LogP contribution in [0.5, 0.6) is 0 Å².